The number of rotatable bonds is 5. The van der Waals surface area contributed by atoms with Crippen molar-refractivity contribution in [1.29, 1.82) is 0 Å². The highest BCUT2D eigenvalue weighted by atomic mass is 35.5. The van der Waals surface area contributed by atoms with Crippen molar-refractivity contribution < 1.29 is 13.2 Å². The van der Waals surface area contributed by atoms with E-state index in [9.17, 15) is 13.2 Å². The minimum absolute atomic E-state index is 0.0469. The molecule has 0 bridgehead atoms. The molecule has 1 amide bonds. The SMILES string of the molecule is CC(NC(=O)c1ccc(Cl)c(S(=O)(=O)N2CCCC2)c1)c1nnc2ccccn12. The molecule has 8 nitrogen and oxygen atoms in total. The number of carbonyl (C=O) groups excluding carboxylic acids is 1. The van der Waals surface area contributed by atoms with E-state index in [1.807, 2.05) is 24.4 Å². The number of sulfonamides is 1. The van der Waals surface area contributed by atoms with Crippen LogP contribution in [0.25, 0.3) is 5.65 Å². The summed E-state index contributed by atoms with van der Waals surface area (Å²) in [6, 6.07) is 9.37. The Morgan fingerprint density at radius 1 is 1.17 bits per heavy atom. The molecule has 29 heavy (non-hydrogen) atoms. The maximum absolute atomic E-state index is 12.9. The van der Waals surface area contributed by atoms with Gasteiger partial charge < -0.3 is 5.32 Å². The number of aromatic nitrogens is 3. The smallest absolute Gasteiger partial charge is 0.251 e. The highest BCUT2D eigenvalue weighted by Crippen LogP contribution is 2.28. The minimum atomic E-state index is -3.73. The zero-order chi connectivity index (χ0) is 20.6. The summed E-state index contributed by atoms with van der Waals surface area (Å²) in [4.78, 5) is 12.7. The van der Waals surface area contributed by atoms with Gasteiger partial charge in [0.25, 0.3) is 5.91 Å². The van der Waals surface area contributed by atoms with Gasteiger partial charge in [-0.3, -0.25) is 9.20 Å². The molecule has 0 radical (unpaired) electrons. The van der Waals surface area contributed by atoms with Crippen LogP contribution in [-0.4, -0.2) is 46.3 Å². The quantitative estimate of drug-likeness (QED) is 0.667. The Morgan fingerprint density at radius 3 is 2.69 bits per heavy atom. The second-order valence-electron chi connectivity index (χ2n) is 6.94. The molecule has 1 atom stereocenters. The second-order valence-corrected chi connectivity index (χ2v) is 9.25. The Hall–Kier alpha value is -2.49. The summed E-state index contributed by atoms with van der Waals surface area (Å²) in [7, 11) is -3.73. The van der Waals surface area contributed by atoms with Crippen molar-refractivity contribution in [3.63, 3.8) is 0 Å². The summed E-state index contributed by atoms with van der Waals surface area (Å²) >= 11 is 6.16. The van der Waals surface area contributed by atoms with Crippen LogP contribution in [0, 0.1) is 0 Å². The Bertz CT molecular complexity index is 1170. The zero-order valence-electron chi connectivity index (χ0n) is 15.7. The van der Waals surface area contributed by atoms with E-state index in [0.29, 0.717) is 24.6 Å². The van der Waals surface area contributed by atoms with E-state index < -0.39 is 22.0 Å². The predicted molar refractivity (Wildman–Crippen MR) is 108 cm³/mol. The number of amides is 1. The third-order valence-electron chi connectivity index (χ3n) is 4.95. The van der Waals surface area contributed by atoms with Crippen molar-refractivity contribution in [2.75, 3.05) is 13.1 Å². The third kappa shape index (κ3) is 3.73. The maximum atomic E-state index is 12.9. The topological polar surface area (TPSA) is 96.7 Å². The van der Waals surface area contributed by atoms with Gasteiger partial charge >= 0.3 is 0 Å². The summed E-state index contributed by atoms with van der Waals surface area (Å²) in [5, 5.41) is 11.2. The molecular formula is C19H20ClN5O3S. The lowest BCUT2D eigenvalue weighted by Gasteiger charge is -2.17. The van der Waals surface area contributed by atoms with E-state index in [0.717, 1.165) is 12.8 Å². The fourth-order valence-corrected chi connectivity index (χ4v) is 5.43. The van der Waals surface area contributed by atoms with E-state index in [-0.39, 0.29) is 15.5 Å². The fraction of sp³-hybridized carbons (Fsp3) is 0.316. The highest BCUT2D eigenvalue weighted by Gasteiger charge is 2.30. The molecule has 3 heterocycles. The van der Waals surface area contributed by atoms with E-state index in [2.05, 4.69) is 15.5 Å². The van der Waals surface area contributed by atoms with Crippen LogP contribution in [0.2, 0.25) is 5.02 Å². The Balaban J connectivity index is 1.59. The van der Waals surface area contributed by atoms with Crippen molar-refractivity contribution in [3.05, 3.63) is 59.0 Å². The first-order chi connectivity index (χ1) is 13.9. The molecule has 10 heteroatoms. The molecule has 0 spiro atoms. The number of pyridine rings is 1. The molecule has 4 rings (SSSR count). The summed E-state index contributed by atoms with van der Waals surface area (Å²) in [6.45, 7) is 2.72. The largest absolute Gasteiger partial charge is 0.342 e. The zero-order valence-corrected chi connectivity index (χ0v) is 17.3. The minimum Gasteiger partial charge on any atom is -0.342 e. The molecule has 152 valence electrons. The van der Waals surface area contributed by atoms with Crippen LogP contribution in [0.4, 0.5) is 0 Å². The number of benzene rings is 1. The van der Waals surface area contributed by atoms with Crippen LogP contribution in [0.1, 0.15) is 42.0 Å². The monoisotopic (exact) mass is 433 g/mol. The highest BCUT2D eigenvalue weighted by molar-refractivity contribution is 7.89. The van der Waals surface area contributed by atoms with E-state index in [1.165, 1.54) is 22.5 Å². The summed E-state index contributed by atoms with van der Waals surface area (Å²) in [5.74, 6) is 0.160. The van der Waals surface area contributed by atoms with Crippen molar-refractivity contribution in [1.82, 2.24) is 24.2 Å². The van der Waals surface area contributed by atoms with Gasteiger partial charge in [-0.25, -0.2) is 8.42 Å². The van der Waals surface area contributed by atoms with Gasteiger partial charge in [0.2, 0.25) is 10.0 Å². The average Bonchev–Trinajstić information content (AvgIpc) is 3.38. The van der Waals surface area contributed by atoms with Crippen LogP contribution in [0.5, 0.6) is 0 Å². The van der Waals surface area contributed by atoms with E-state index in [4.69, 9.17) is 11.6 Å². The molecule has 2 aromatic heterocycles. The molecule has 1 aliphatic heterocycles. The Labute approximate surface area is 173 Å². The van der Waals surface area contributed by atoms with Gasteiger partial charge in [-0.15, -0.1) is 10.2 Å². The molecule has 1 saturated heterocycles. The van der Waals surface area contributed by atoms with E-state index in [1.54, 1.807) is 11.3 Å². The molecular weight excluding hydrogens is 414 g/mol. The van der Waals surface area contributed by atoms with Crippen LogP contribution < -0.4 is 5.32 Å². The fourth-order valence-electron chi connectivity index (χ4n) is 3.41. The van der Waals surface area contributed by atoms with Gasteiger partial charge in [0.1, 0.15) is 4.90 Å². The lowest BCUT2D eigenvalue weighted by atomic mass is 10.2. The Morgan fingerprint density at radius 2 is 1.93 bits per heavy atom. The first-order valence-corrected chi connectivity index (χ1v) is 11.1. The van der Waals surface area contributed by atoms with Gasteiger partial charge in [-0.2, -0.15) is 4.31 Å². The van der Waals surface area contributed by atoms with E-state index >= 15 is 0 Å². The van der Waals surface area contributed by atoms with Crippen LogP contribution >= 0.6 is 11.6 Å². The van der Waals surface area contributed by atoms with Crippen molar-refractivity contribution in [2.24, 2.45) is 0 Å². The maximum Gasteiger partial charge on any atom is 0.251 e. The van der Waals surface area contributed by atoms with Crippen LogP contribution in [0.3, 0.4) is 0 Å². The van der Waals surface area contributed by atoms with Crippen LogP contribution in [-0.2, 0) is 10.0 Å². The molecule has 0 aliphatic carbocycles. The summed E-state index contributed by atoms with van der Waals surface area (Å²) < 4.78 is 28.9. The van der Waals surface area contributed by atoms with Crippen LogP contribution in [0.15, 0.2) is 47.5 Å². The number of fused-ring (bicyclic) bond motifs is 1. The number of hydrogen-bond acceptors (Lipinski definition) is 5. The standard InChI is InChI=1S/C19H20ClN5O3S/c1-13(18-23-22-17-6-2-3-11-25(17)18)21-19(26)14-7-8-15(20)16(12-14)29(27,28)24-9-4-5-10-24/h2-3,6-8,11-13H,4-5,9-10H2,1H3,(H,21,26). The lowest BCUT2D eigenvalue weighted by Crippen LogP contribution is -2.30. The average molecular weight is 434 g/mol. The molecule has 1 N–H and O–H groups in total. The molecule has 0 saturated carbocycles. The van der Waals surface area contributed by atoms with Crippen molar-refractivity contribution >= 4 is 33.2 Å². The van der Waals surface area contributed by atoms with Gasteiger partial charge in [-0.1, -0.05) is 17.7 Å². The normalized spacial score (nSPS) is 16.2. The number of carbonyl (C=O) groups is 1. The first-order valence-electron chi connectivity index (χ1n) is 9.28. The number of nitrogens with one attached hydrogen (secondary N) is 1. The molecule has 1 fully saturated rings. The number of hydrogen-bond donors (Lipinski definition) is 1. The molecule has 1 aliphatic rings. The Kier molecular flexibility index (Phi) is 5.28. The molecule has 3 aromatic rings. The molecule has 1 aromatic carbocycles. The van der Waals surface area contributed by atoms with Gasteiger partial charge in [0.15, 0.2) is 11.5 Å². The number of halogens is 1. The summed E-state index contributed by atoms with van der Waals surface area (Å²) in [5.41, 5.74) is 0.891. The van der Waals surface area contributed by atoms with Crippen molar-refractivity contribution in [2.45, 2.75) is 30.7 Å². The van der Waals surface area contributed by atoms with Gasteiger partial charge in [0, 0.05) is 24.8 Å². The lowest BCUT2D eigenvalue weighted by molar-refractivity contribution is 0.0938. The van der Waals surface area contributed by atoms with Crippen molar-refractivity contribution in [3.8, 4) is 0 Å². The summed E-state index contributed by atoms with van der Waals surface area (Å²) in [6.07, 6.45) is 3.46. The molecule has 1 unspecified atom stereocenters. The second kappa shape index (κ2) is 7.74. The van der Waals surface area contributed by atoms with Gasteiger partial charge in [-0.05, 0) is 50.1 Å². The predicted octanol–water partition coefficient (Wildman–Crippen LogP) is 2.66. The third-order valence-corrected chi connectivity index (χ3v) is 7.33. The first kappa shape index (κ1) is 19.8. The number of nitrogens with zero attached hydrogens (tertiary/aromatic N) is 4. The van der Waals surface area contributed by atoms with Gasteiger partial charge in [0.05, 0.1) is 11.1 Å².